The molecule has 2 atom stereocenters. The van der Waals surface area contributed by atoms with Gasteiger partial charge in [0.25, 0.3) is 11.8 Å². The van der Waals surface area contributed by atoms with E-state index < -0.39 is 53.4 Å². The summed E-state index contributed by atoms with van der Waals surface area (Å²) in [5.74, 6) is -4.20. The van der Waals surface area contributed by atoms with Gasteiger partial charge < -0.3 is 24.3 Å². The van der Waals surface area contributed by atoms with Gasteiger partial charge in [0, 0.05) is 40.0 Å². The fourth-order valence-electron chi connectivity index (χ4n) is 5.20. The van der Waals surface area contributed by atoms with Gasteiger partial charge in [-0.05, 0) is 41.5 Å². The molecule has 0 radical (unpaired) electrons. The van der Waals surface area contributed by atoms with Crippen molar-refractivity contribution in [1.29, 1.82) is 0 Å². The number of ether oxygens (including phenoxy) is 2. The van der Waals surface area contributed by atoms with Crippen LogP contribution in [0.15, 0.2) is 48.5 Å². The second kappa shape index (κ2) is 13.1. The van der Waals surface area contributed by atoms with Crippen LogP contribution in [0.4, 0.5) is 13.2 Å². The van der Waals surface area contributed by atoms with Crippen molar-refractivity contribution < 1.29 is 41.8 Å². The molecule has 4 rings (SSSR count). The number of esters is 2. The number of imidazole rings is 1. The highest BCUT2D eigenvalue weighted by atomic mass is 19.4. The number of para-hydroxylation sites is 2. The standard InChI is InChI=1S/C31H35F3N4O6/c1-19(39)43-25(26(44-20(2)40)28(42)37-17-21-9-5-6-10-22(21)18-37)27(41)35-15-13-30(3,4)14-16-38-24-12-8-7-11-23(24)36-29(38)31(32,33)34/h5-12,25-26H,13-18H2,1-4H3,(H,35,41)/t25-,26-/m1/s1. The number of rotatable bonds is 11. The summed E-state index contributed by atoms with van der Waals surface area (Å²) in [5, 5.41) is 2.64. The molecule has 13 heteroatoms. The molecule has 0 bridgehead atoms. The van der Waals surface area contributed by atoms with E-state index in [9.17, 15) is 32.3 Å². The minimum atomic E-state index is -4.63. The van der Waals surface area contributed by atoms with Crippen LogP contribution in [0.25, 0.3) is 11.0 Å². The quantitative estimate of drug-likeness (QED) is 0.318. The number of halogens is 3. The highest BCUT2D eigenvalue weighted by Gasteiger charge is 2.43. The van der Waals surface area contributed by atoms with Crippen molar-refractivity contribution in [2.75, 3.05) is 6.54 Å². The van der Waals surface area contributed by atoms with Crippen molar-refractivity contribution in [3.05, 3.63) is 65.5 Å². The molecular weight excluding hydrogens is 581 g/mol. The summed E-state index contributed by atoms with van der Waals surface area (Å²) in [7, 11) is 0. The Morgan fingerprint density at radius 2 is 1.45 bits per heavy atom. The maximum atomic E-state index is 13.7. The van der Waals surface area contributed by atoms with Gasteiger partial charge in [-0.1, -0.05) is 50.2 Å². The predicted molar refractivity (Wildman–Crippen MR) is 153 cm³/mol. The zero-order valence-corrected chi connectivity index (χ0v) is 24.9. The molecule has 1 aliphatic rings. The molecule has 0 aliphatic carbocycles. The van der Waals surface area contributed by atoms with Crippen molar-refractivity contribution in [2.24, 2.45) is 5.41 Å². The summed E-state index contributed by atoms with van der Waals surface area (Å²) in [6.07, 6.45) is -7.43. The van der Waals surface area contributed by atoms with Crippen molar-refractivity contribution in [3.8, 4) is 0 Å². The Labute approximate surface area is 252 Å². The molecule has 3 aromatic rings. The molecule has 2 heterocycles. The van der Waals surface area contributed by atoms with Gasteiger partial charge in [0.2, 0.25) is 18.0 Å². The third kappa shape index (κ3) is 7.74. The summed E-state index contributed by atoms with van der Waals surface area (Å²) < 4.78 is 52.7. The highest BCUT2D eigenvalue weighted by Crippen LogP contribution is 2.34. The van der Waals surface area contributed by atoms with Gasteiger partial charge in [-0.3, -0.25) is 19.2 Å². The van der Waals surface area contributed by atoms with E-state index in [2.05, 4.69) is 10.3 Å². The Hall–Kier alpha value is -4.42. The number of carbonyl (C=O) groups excluding carboxylic acids is 4. The number of carbonyl (C=O) groups is 4. The van der Waals surface area contributed by atoms with E-state index in [1.807, 2.05) is 38.1 Å². The van der Waals surface area contributed by atoms with Crippen LogP contribution < -0.4 is 5.32 Å². The lowest BCUT2D eigenvalue weighted by molar-refractivity contribution is -0.178. The smallest absolute Gasteiger partial charge is 0.448 e. The summed E-state index contributed by atoms with van der Waals surface area (Å²) in [6, 6.07) is 13.8. The van der Waals surface area contributed by atoms with E-state index in [0.29, 0.717) is 18.4 Å². The molecule has 0 unspecified atom stereocenters. The van der Waals surface area contributed by atoms with Gasteiger partial charge in [0.05, 0.1) is 11.0 Å². The van der Waals surface area contributed by atoms with Crippen LogP contribution in [-0.4, -0.2) is 57.0 Å². The SMILES string of the molecule is CC(=O)O[C@@H](C(=O)NCCC(C)(C)CCn1c(C(F)(F)F)nc2ccccc21)[C@@H](OC(C)=O)C(=O)N1Cc2ccccc2C1. The van der Waals surface area contributed by atoms with Gasteiger partial charge >= 0.3 is 18.1 Å². The molecule has 10 nitrogen and oxygen atoms in total. The number of aryl methyl sites for hydroxylation is 1. The van der Waals surface area contributed by atoms with Crippen LogP contribution in [0, 0.1) is 5.41 Å². The number of nitrogens with one attached hydrogen (secondary N) is 1. The van der Waals surface area contributed by atoms with E-state index in [4.69, 9.17) is 9.47 Å². The predicted octanol–water partition coefficient (Wildman–Crippen LogP) is 4.38. The molecule has 2 amide bonds. The van der Waals surface area contributed by atoms with Crippen LogP contribution in [-0.2, 0) is 54.5 Å². The van der Waals surface area contributed by atoms with Crippen molar-refractivity contribution in [2.45, 2.75) is 78.6 Å². The Kier molecular flexibility index (Phi) is 9.65. The monoisotopic (exact) mass is 616 g/mol. The third-order valence-electron chi connectivity index (χ3n) is 7.54. The molecule has 1 aliphatic heterocycles. The number of hydrogen-bond donors (Lipinski definition) is 1. The first-order chi connectivity index (χ1) is 20.7. The third-order valence-corrected chi connectivity index (χ3v) is 7.54. The van der Waals surface area contributed by atoms with Crippen molar-refractivity contribution in [1.82, 2.24) is 19.8 Å². The molecule has 1 N–H and O–H groups in total. The maximum absolute atomic E-state index is 13.7. The highest BCUT2D eigenvalue weighted by molar-refractivity contribution is 5.93. The van der Waals surface area contributed by atoms with Crippen molar-refractivity contribution >= 4 is 34.8 Å². The number of aromatic nitrogens is 2. The second-order valence-electron chi connectivity index (χ2n) is 11.6. The van der Waals surface area contributed by atoms with E-state index in [1.165, 1.54) is 11.0 Å². The lowest BCUT2D eigenvalue weighted by atomic mass is 9.85. The van der Waals surface area contributed by atoms with Gasteiger partial charge in [-0.25, -0.2) is 4.98 Å². The van der Waals surface area contributed by atoms with Crippen LogP contribution in [0.5, 0.6) is 0 Å². The van der Waals surface area contributed by atoms with Crippen LogP contribution in [0.2, 0.25) is 0 Å². The summed E-state index contributed by atoms with van der Waals surface area (Å²) in [6.45, 7) is 6.41. The van der Waals surface area contributed by atoms with Gasteiger partial charge in [-0.2, -0.15) is 13.2 Å². The average Bonchev–Trinajstić information content (AvgIpc) is 3.55. The summed E-state index contributed by atoms with van der Waals surface area (Å²) in [4.78, 5) is 55.8. The molecule has 236 valence electrons. The second-order valence-corrected chi connectivity index (χ2v) is 11.6. The number of nitrogens with zero attached hydrogens (tertiary/aromatic N) is 3. The minimum Gasteiger partial charge on any atom is -0.448 e. The number of fused-ring (bicyclic) bond motifs is 2. The molecular formula is C31H35F3N4O6. The van der Waals surface area contributed by atoms with Gasteiger partial charge in [-0.15, -0.1) is 0 Å². The number of hydrogen-bond acceptors (Lipinski definition) is 7. The van der Waals surface area contributed by atoms with E-state index >= 15 is 0 Å². The summed E-state index contributed by atoms with van der Waals surface area (Å²) >= 11 is 0. The molecule has 2 aromatic carbocycles. The van der Waals surface area contributed by atoms with Crippen LogP contribution >= 0.6 is 0 Å². The van der Waals surface area contributed by atoms with Gasteiger partial charge in [0.15, 0.2) is 0 Å². The molecule has 1 aromatic heterocycles. The van der Waals surface area contributed by atoms with E-state index in [1.54, 1.807) is 18.2 Å². The Balaban J connectivity index is 1.42. The Morgan fingerprint density at radius 3 is 2.05 bits per heavy atom. The lowest BCUT2D eigenvalue weighted by Crippen LogP contribution is -2.53. The fraction of sp³-hybridized carbons (Fsp3) is 0.452. The minimum absolute atomic E-state index is 0.0353. The molecule has 0 fully saturated rings. The maximum Gasteiger partial charge on any atom is 0.449 e. The average molecular weight is 617 g/mol. The van der Waals surface area contributed by atoms with E-state index in [-0.39, 0.29) is 31.7 Å². The number of amides is 2. The van der Waals surface area contributed by atoms with Gasteiger partial charge in [0.1, 0.15) is 0 Å². The topological polar surface area (TPSA) is 120 Å². The number of benzene rings is 2. The fourth-order valence-corrected chi connectivity index (χ4v) is 5.20. The molecule has 0 saturated heterocycles. The first kappa shape index (κ1) is 32.5. The molecule has 44 heavy (non-hydrogen) atoms. The first-order valence-electron chi connectivity index (χ1n) is 14.2. The zero-order valence-electron chi connectivity index (χ0n) is 24.9. The largest absolute Gasteiger partial charge is 0.449 e. The normalized spacial score (nSPS) is 14.6. The van der Waals surface area contributed by atoms with Crippen molar-refractivity contribution in [3.63, 3.8) is 0 Å². The summed E-state index contributed by atoms with van der Waals surface area (Å²) in [5.41, 5.74) is 1.89. The molecule has 0 spiro atoms. The van der Waals surface area contributed by atoms with E-state index in [0.717, 1.165) is 29.5 Å². The number of alkyl halides is 3. The first-order valence-corrected chi connectivity index (χ1v) is 14.2. The Bertz CT molecular complexity index is 1530. The Morgan fingerprint density at radius 1 is 0.886 bits per heavy atom. The van der Waals surface area contributed by atoms with Crippen LogP contribution in [0.3, 0.4) is 0 Å². The molecule has 0 saturated carbocycles. The van der Waals surface area contributed by atoms with Crippen LogP contribution in [0.1, 0.15) is 57.5 Å². The zero-order chi connectivity index (χ0) is 32.2. The lowest BCUT2D eigenvalue weighted by Gasteiger charge is -2.29.